The maximum absolute atomic E-state index is 13.5. The summed E-state index contributed by atoms with van der Waals surface area (Å²) in [5.41, 5.74) is 1.94. The van der Waals surface area contributed by atoms with Crippen molar-refractivity contribution in [2.75, 3.05) is 41.9 Å². The Kier molecular flexibility index (Phi) is 7.45. The molecule has 2 aromatic carbocycles. The lowest BCUT2D eigenvalue weighted by Gasteiger charge is -2.27. The highest BCUT2D eigenvalue weighted by Gasteiger charge is 2.23. The van der Waals surface area contributed by atoms with Crippen LogP contribution in [-0.2, 0) is 22.6 Å². The van der Waals surface area contributed by atoms with Crippen molar-refractivity contribution < 1.29 is 13.9 Å². The second-order valence-electron chi connectivity index (χ2n) is 8.14. The third-order valence-corrected chi connectivity index (χ3v) is 6.71. The number of morpholine rings is 1. The van der Waals surface area contributed by atoms with Gasteiger partial charge < -0.3 is 19.0 Å². The van der Waals surface area contributed by atoms with Crippen LogP contribution >= 0.6 is 11.8 Å². The number of amides is 1. The largest absolute Gasteiger partial charge is 0.467 e. The normalized spacial score (nSPS) is 13.7. The molecule has 3 heterocycles. The highest BCUT2D eigenvalue weighted by atomic mass is 32.2. The second kappa shape index (κ2) is 11.2. The first-order chi connectivity index (χ1) is 17.3. The van der Waals surface area contributed by atoms with E-state index in [1.54, 1.807) is 6.26 Å². The topological polar surface area (TPSA) is 76.6 Å². The van der Waals surface area contributed by atoms with Crippen molar-refractivity contribution in [2.24, 2.45) is 0 Å². The van der Waals surface area contributed by atoms with Gasteiger partial charge in [-0.05, 0) is 29.8 Å². The fraction of sp³-hybridized carbons (Fsp3) is 0.269. The maximum atomic E-state index is 13.5. The monoisotopic (exact) mass is 489 g/mol. The number of hydrogen-bond donors (Lipinski definition) is 0. The lowest BCUT2D eigenvalue weighted by Crippen LogP contribution is -2.38. The third kappa shape index (κ3) is 5.75. The minimum atomic E-state index is 0.00511. The average Bonchev–Trinajstić information content (AvgIpc) is 3.58. The van der Waals surface area contributed by atoms with Crippen molar-refractivity contribution >= 4 is 29.3 Å². The van der Waals surface area contributed by atoms with E-state index in [0.29, 0.717) is 31.5 Å². The molecule has 0 atom stereocenters. The number of hydrogen-bond acceptors (Lipinski definition) is 7. The van der Waals surface area contributed by atoms with Gasteiger partial charge in [-0.3, -0.25) is 9.36 Å². The Labute approximate surface area is 208 Å². The predicted octanol–water partition coefficient (Wildman–Crippen LogP) is 4.08. The minimum absolute atomic E-state index is 0.00511. The van der Waals surface area contributed by atoms with Crippen LogP contribution in [0.3, 0.4) is 0 Å². The number of carbonyl (C=O) groups excluding carboxylic acids is 1. The van der Waals surface area contributed by atoms with Gasteiger partial charge in [-0.2, -0.15) is 0 Å². The van der Waals surface area contributed by atoms with Gasteiger partial charge in [0.25, 0.3) is 0 Å². The molecule has 1 aliphatic heterocycles. The molecule has 0 radical (unpaired) electrons. The summed E-state index contributed by atoms with van der Waals surface area (Å²) in [6, 6.07) is 23.6. The van der Waals surface area contributed by atoms with Gasteiger partial charge in [0.05, 0.1) is 38.3 Å². The minimum Gasteiger partial charge on any atom is -0.467 e. The highest BCUT2D eigenvalue weighted by Crippen LogP contribution is 2.26. The zero-order valence-electron chi connectivity index (χ0n) is 19.3. The second-order valence-corrected chi connectivity index (χ2v) is 9.08. The van der Waals surface area contributed by atoms with Crippen LogP contribution in [0.5, 0.6) is 0 Å². The first-order valence-corrected chi connectivity index (χ1v) is 12.6. The van der Waals surface area contributed by atoms with Crippen LogP contribution in [-0.4, -0.2) is 52.7 Å². The predicted molar refractivity (Wildman–Crippen MR) is 136 cm³/mol. The van der Waals surface area contributed by atoms with E-state index < -0.39 is 0 Å². The number of anilines is 2. The standard InChI is InChI=1S/C26H27N5O3S/c32-24(30(22-10-5-2-6-11-22)18-21-8-3-1-4-9-21)20-35-26-28-27-25(29-13-16-33-17-14-29)31(26)19-23-12-7-15-34-23/h1-12,15H,13-14,16-20H2. The number of thioether (sulfide) groups is 1. The highest BCUT2D eigenvalue weighted by molar-refractivity contribution is 7.99. The van der Waals surface area contributed by atoms with Crippen LogP contribution in [0.2, 0.25) is 0 Å². The molecular formula is C26H27N5O3S. The van der Waals surface area contributed by atoms with Gasteiger partial charge >= 0.3 is 0 Å². The summed E-state index contributed by atoms with van der Waals surface area (Å²) in [5, 5.41) is 9.59. The Hall–Kier alpha value is -3.56. The molecule has 0 aliphatic carbocycles. The lowest BCUT2D eigenvalue weighted by molar-refractivity contribution is -0.116. The van der Waals surface area contributed by atoms with E-state index in [0.717, 1.165) is 36.0 Å². The Morgan fingerprint density at radius 2 is 1.69 bits per heavy atom. The van der Waals surface area contributed by atoms with Gasteiger partial charge in [-0.25, -0.2) is 0 Å². The van der Waals surface area contributed by atoms with E-state index in [9.17, 15) is 4.79 Å². The Morgan fingerprint density at radius 3 is 2.40 bits per heavy atom. The molecule has 1 fully saturated rings. The molecule has 0 saturated carbocycles. The van der Waals surface area contributed by atoms with Gasteiger partial charge in [0.1, 0.15) is 5.76 Å². The number of nitrogens with zero attached hydrogens (tertiary/aromatic N) is 5. The summed E-state index contributed by atoms with van der Waals surface area (Å²) in [6.45, 7) is 3.80. The molecular weight excluding hydrogens is 462 g/mol. The quantitative estimate of drug-likeness (QED) is 0.328. The Bertz CT molecular complexity index is 1210. The summed E-state index contributed by atoms with van der Waals surface area (Å²) >= 11 is 1.39. The zero-order chi connectivity index (χ0) is 23.9. The van der Waals surface area contributed by atoms with Gasteiger partial charge in [-0.15, -0.1) is 10.2 Å². The average molecular weight is 490 g/mol. The molecule has 4 aromatic rings. The maximum Gasteiger partial charge on any atom is 0.237 e. The molecule has 0 N–H and O–H groups in total. The number of benzene rings is 2. The third-order valence-electron chi connectivity index (χ3n) is 5.76. The van der Waals surface area contributed by atoms with Crippen LogP contribution in [0.25, 0.3) is 0 Å². The van der Waals surface area contributed by atoms with Crippen LogP contribution in [0.1, 0.15) is 11.3 Å². The molecule has 1 saturated heterocycles. The van der Waals surface area contributed by atoms with Crippen molar-refractivity contribution in [3.05, 3.63) is 90.4 Å². The molecule has 180 valence electrons. The summed E-state index contributed by atoms with van der Waals surface area (Å²) < 4.78 is 13.1. The number of furan rings is 1. The van der Waals surface area contributed by atoms with E-state index in [1.165, 1.54) is 11.8 Å². The molecule has 2 aromatic heterocycles. The van der Waals surface area contributed by atoms with Gasteiger partial charge in [0.15, 0.2) is 5.16 Å². The summed E-state index contributed by atoms with van der Waals surface area (Å²) in [7, 11) is 0. The first-order valence-electron chi connectivity index (χ1n) is 11.6. The number of carbonyl (C=O) groups is 1. The van der Waals surface area contributed by atoms with Crippen molar-refractivity contribution in [3.8, 4) is 0 Å². The van der Waals surface area contributed by atoms with Crippen LogP contribution in [0.15, 0.2) is 88.6 Å². The van der Waals surface area contributed by atoms with Crippen LogP contribution in [0.4, 0.5) is 11.6 Å². The Balaban J connectivity index is 1.35. The summed E-state index contributed by atoms with van der Waals surface area (Å²) in [4.78, 5) is 17.4. The summed E-state index contributed by atoms with van der Waals surface area (Å²) in [6.07, 6.45) is 1.66. The number of ether oxygens (including phenoxy) is 1. The molecule has 8 nitrogen and oxygen atoms in total. The number of para-hydroxylation sites is 1. The molecule has 1 amide bonds. The Morgan fingerprint density at radius 1 is 0.943 bits per heavy atom. The SMILES string of the molecule is O=C(CSc1nnc(N2CCOCC2)n1Cc1ccco1)N(Cc1ccccc1)c1ccccc1. The molecule has 9 heteroatoms. The van der Waals surface area contributed by atoms with E-state index in [4.69, 9.17) is 9.15 Å². The molecule has 1 aliphatic rings. The van der Waals surface area contributed by atoms with Gasteiger partial charge in [0.2, 0.25) is 11.9 Å². The molecule has 0 spiro atoms. The zero-order valence-corrected chi connectivity index (χ0v) is 20.1. The number of rotatable bonds is 9. The van der Waals surface area contributed by atoms with Crippen molar-refractivity contribution in [2.45, 2.75) is 18.2 Å². The van der Waals surface area contributed by atoms with Crippen molar-refractivity contribution in [1.29, 1.82) is 0 Å². The van der Waals surface area contributed by atoms with E-state index in [1.807, 2.05) is 82.3 Å². The van der Waals surface area contributed by atoms with E-state index >= 15 is 0 Å². The fourth-order valence-electron chi connectivity index (χ4n) is 3.98. The van der Waals surface area contributed by atoms with Crippen LogP contribution < -0.4 is 9.80 Å². The van der Waals surface area contributed by atoms with Gasteiger partial charge in [-0.1, -0.05) is 60.3 Å². The lowest BCUT2D eigenvalue weighted by atomic mass is 10.2. The molecule has 0 unspecified atom stereocenters. The first kappa shape index (κ1) is 23.2. The van der Waals surface area contributed by atoms with Crippen molar-refractivity contribution in [1.82, 2.24) is 14.8 Å². The van der Waals surface area contributed by atoms with Gasteiger partial charge in [0, 0.05) is 18.8 Å². The van der Waals surface area contributed by atoms with E-state index in [-0.39, 0.29) is 11.7 Å². The molecule has 35 heavy (non-hydrogen) atoms. The fourth-order valence-corrected chi connectivity index (χ4v) is 4.79. The smallest absolute Gasteiger partial charge is 0.237 e. The van der Waals surface area contributed by atoms with Crippen molar-refractivity contribution in [3.63, 3.8) is 0 Å². The van der Waals surface area contributed by atoms with Crippen LogP contribution in [0, 0.1) is 0 Å². The summed E-state index contributed by atoms with van der Waals surface area (Å²) in [5.74, 6) is 1.82. The van der Waals surface area contributed by atoms with E-state index in [2.05, 4.69) is 15.1 Å². The molecule has 5 rings (SSSR count). The molecule has 0 bridgehead atoms. The number of aromatic nitrogens is 3.